The number of anilines is 1. The first-order valence-corrected chi connectivity index (χ1v) is 13.5. The third-order valence-electron chi connectivity index (χ3n) is 6.51. The number of allylic oxidation sites excluding steroid dienone is 1. The number of aryl methyl sites for hydroxylation is 2. The van der Waals surface area contributed by atoms with E-state index in [2.05, 4.69) is 20.5 Å². The Kier molecular flexibility index (Phi) is 7.81. The third kappa shape index (κ3) is 6.39. The molecule has 5 rings (SSSR count). The number of aromatic nitrogens is 5. The number of carbonyl (C=O) groups is 1. The van der Waals surface area contributed by atoms with Crippen molar-refractivity contribution in [3.63, 3.8) is 0 Å². The number of nitrogens with zero attached hydrogens (tertiary/aromatic N) is 7. The molecule has 1 fully saturated rings. The summed E-state index contributed by atoms with van der Waals surface area (Å²) in [5.41, 5.74) is 9.77. The second kappa shape index (κ2) is 11.6. The molecule has 200 valence electrons. The minimum Gasteiger partial charge on any atom is -0.437 e. The molecule has 1 saturated heterocycles. The molecule has 0 saturated carbocycles. The Morgan fingerprint density at radius 2 is 2.05 bits per heavy atom. The Bertz CT molecular complexity index is 1540. The van der Waals surface area contributed by atoms with Crippen LogP contribution >= 0.6 is 11.3 Å². The zero-order valence-corrected chi connectivity index (χ0v) is 22.6. The van der Waals surface area contributed by atoms with Gasteiger partial charge in [-0.3, -0.25) is 9.69 Å². The highest BCUT2D eigenvalue weighted by Crippen LogP contribution is 2.36. The number of hydrogen-bond donors (Lipinski definition) is 2. The summed E-state index contributed by atoms with van der Waals surface area (Å²) in [5, 5.41) is 22.4. The lowest BCUT2D eigenvalue weighted by atomic mass is 10.1. The molecule has 1 amide bonds. The molecule has 0 aliphatic carbocycles. The van der Waals surface area contributed by atoms with Crippen LogP contribution in [0.1, 0.15) is 35.2 Å². The first-order valence-electron chi connectivity index (χ1n) is 12.6. The maximum absolute atomic E-state index is 11.1. The van der Waals surface area contributed by atoms with Crippen molar-refractivity contribution in [2.75, 3.05) is 18.4 Å². The normalized spacial score (nSPS) is 14.6. The number of benzene rings is 1. The standard InChI is InChI=1S/C27H29N9O2S/c1-17-12-19(4-3-8-28)13-18(2)24(17)38-26-25-22(7-11-39-25)31-27(32-26)30-20-5-9-35(10-6-20)14-21-15-36(34-33-21)16-23(29)37/h3-4,7,11-13,15,20H,5-6,9-10,14,16H2,1-2H3,(H2,29,37)(H,30,31,32)/b4-3+. The molecule has 0 spiro atoms. The summed E-state index contributed by atoms with van der Waals surface area (Å²) in [7, 11) is 0. The summed E-state index contributed by atoms with van der Waals surface area (Å²) in [6.45, 7) is 6.45. The van der Waals surface area contributed by atoms with Gasteiger partial charge in [0.15, 0.2) is 0 Å². The van der Waals surface area contributed by atoms with Crippen LogP contribution in [0.3, 0.4) is 0 Å². The molecule has 0 bridgehead atoms. The van der Waals surface area contributed by atoms with Crippen molar-refractivity contribution in [1.82, 2.24) is 29.9 Å². The molecule has 3 aromatic heterocycles. The van der Waals surface area contributed by atoms with Gasteiger partial charge >= 0.3 is 0 Å². The van der Waals surface area contributed by atoms with E-state index in [0.717, 1.165) is 64.3 Å². The van der Waals surface area contributed by atoms with Crippen molar-refractivity contribution < 1.29 is 9.53 Å². The summed E-state index contributed by atoms with van der Waals surface area (Å²) in [5.74, 6) is 1.39. The number of primary amides is 1. The van der Waals surface area contributed by atoms with Crippen molar-refractivity contribution in [2.45, 2.75) is 45.8 Å². The van der Waals surface area contributed by atoms with Crippen LogP contribution in [0.15, 0.2) is 35.9 Å². The monoisotopic (exact) mass is 543 g/mol. The number of nitriles is 1. The number of rotatable bonds is 9. The van der Waals surface area contributed by atoms with Crippen molar-refractivity contribution in [2.24, 2.45) is 5.73 Å². The Labute approximate surface area is 229 Å². The molecule has 1 aliphatic rings. The van der Waals surface area contributed by atoms with Crippen LogP contribution in [0.4, 0.5) is 5.95 Å². The number of amides is 1. The SMILES string of the molecule is Cc1cc(/C=C/C#N)cc(C)c1Oc1nc(NC2CCN(Cc3cn(CC(N)=O)nn3)CC2)nc2ccsc12. The maximum Gasteiger partial charge on any atom is 0.242 e. The average Bonchev–Trinajstić information content (AvgIpc) is 3.55. The van der Waals surface area contributed by atoms with E-state index in [1.807, 2.05) is 43.5 Å². The molecule has 4 heterocycles. The summed E-state index contributed by atoms with van der Waals surface area (Å²) < 4.78 is 8.75. The van der Waals surface area contributed by atoms with Crippen molar-refractivity contribution in [1.29, 1.82) is 5.26 Å². The van der Waals surface area contributed by atoms with Crippen LogP contribution in [-0.4, -0.2) is 54.9 Å². The van der Waals surface area contributed by atoms with Gasteiger partial charge in [-0.15, -0.1) is 16.4 Å². The van der Waals surface area contributed by atoms with E-state index in [9.17, 15) is 4.79 Å². The molecule has 1 aliphatic heterocycles. The fourth-order valence-corrected chi connectivity index (χ4v) is 5.49. The van der Waals surface area contributed by atoms with E-state index < -0.39 is 5.91 Å². The Balaban J connectivity index is 1.25. The van der Waals surface area contributed by atoms with Crippen molar-refractivity contribution in [3.05, 3.63) is 58.2 Å². The summed E-state index contributed by atoms with van der Waals surface area (Å²) in [4.78, 5) is 22.9. The first kappa shape index (κ1) is 26.3. The van der Waals surface area contributed by atoms with E-state index in [1.54, 1.807) is 23.6 Å². The van der Waals surface area contributed by atoms with E-state index >= 15 is 0 Å². The minimum absolute atomic E-state index is 0.0311. The first-order chi connectivity index (χ1) is 18.9. The molecule has 0 radical (unpaired) electrons. The molecule has 3 N–H and O–H groups in total. The lowest BCUT2D eigenvalue weighted by molar-refractivity contribution is -0.118. The number of hydrogen-bond acceptors (Lipinski definition) is 10. The van der Waals surface area contributed by atoms with Crippen molar-refractivity contribution >= 4 is 39.5 Å². The fraction of sp³-hybridized carbons (Fsp3) is 0.333. The quantitative estimate of drug-likeness (QED) is 0.301. The van der Waals surface area contributed by atoms with Crippen LogP contribution in [0, 0.1) is 25.2 Å². The van der Waals surface area contributed by atoms with E-state index in [4.69, 9.17) is 25.7 Å². The molecular formula is C27H29N9O2S. The largest absolute Gasteiger partial charge is 0.437 e. The topological polar surface area (TPSA) is 148 Å². The highest BCUT2D eigenvalue weighted by atomic mass is 32.1. The zero-order chi connectivity index (χ0) is 27.4. The lowest BCUT2D eigenvalue weighted by Crippen LogP contribution is -2.39. The molecule has 1 aromatic carbocycles. The van der Waals surface area contributed by atoms with E-state index in [1.165, 1.54) is 10.8 Å². The molecular weight excluding hydrogens is 514 g/mol. The predicted octanol–water partition coefficient (Wildman–Crippen LogP) is 3.79. The van der Waals surface area contributed by atoms with Crippen molar-refractivity contribution in [3.8, 4) is 17.7 Å². The third-order valence-corrected chi connectivity index (χ3v) is 7.41. The number of fused-ring (bicyclic) bond motifs is 1. The minimum atomic E-state index is -0.442. The van der Waals surface area contributed by atoms with Gasteiger partial charge in [0.05, 0.1) is 23.5 Å². The number of thiophene rings is 1. The Hall–Kier alpha value is -4.34. The van der Waals surface area contributed by atoms with Gasteiger partial charge in [0.25, 0.3) is 0 Å². The number of piperidine rings is 1. The number of nitrogens with two attached hydrogens (primary N) is 1. The predicted molar refractivity (Wildman–Crippen MR) is 149 cm³/mol. The summed E-state index contributed by atoms with van der Waals surface area (Å²) in [6, 6.07) is 8.22. The second-order valence-corrected chi connectivity index (χ2v) is 10.5. The lowest BCUT2D eigenvalue weighted by Gasteiger charge is -2.31. The Morgan fingerprint density at radius 3 is 2.77 bits per heavy atom. The summed E-state index contributed by atoms with van der Waals surface area (Å²) in [6.07, 6.45) is 6.86. The van der Waals surface area contributed by atoms with Crippen LogP contribution in [-0.2, 0) is 17.9 Å². The molecule has 4 aromatic rings. The fourth-order valence-electron chi connectivity index (χ4n) is 4.74. The molecule has 11 nitrogen and oxygen atoms in total. The second-order valence-electron chi connectivity index (χ2n) is 9.60. The van der Waals surface area contributed by atoms with Crippen LogP contribution in [0.2, 0.25) is 0 Å². The van der Waals surface area contributed by atoms with Crippen LogP contribution in [0.5, 0.6) is 11.6 Å². The van der Waals surface area contributed by atoms with Gasteiger partial charge in [-0.05, 0) is 73.0 Å². The highest BCUT2D eigenvalue weighted by molar-refractivity contribution is 7.17. The molecule has 39 heavy (non-hydrogen) atoms. The Morgan fingerprint density at radius 1 is 1.28 bits per heavy atom. The van der Waals surface area contributed by atoms with Gasteiger partial charge in [0, 0.05) is 31.8 Å². The van der Waals surface area contributed by atoms with E-state index in [0.29, 0.717) is 18.4 Å². The van der Waals surface area contributed by atoms with Gasteiger partial charge in [-0.25, -0.2) is 9.67 Å². The van der Waals surface area contributed by atoms with Gasteiger partial charge < -0.3 is 15.8 Å². The van der Waals surface area contributed by atoms with Gasteiger partial charge in [0.2, 0.25) is 17.7 Å². The smallest absolute Gasteiger partial charge is 0.242 e. The van der Waals surface area contributed by atoms with Gasteiger partial charge in [-0.1, -0.05) is 5.21 Å². The van der Waals surface area contributed by atoms with Gasteiger partial charge in [0.1, 0.15) is 17.0 Å². The highest BCUT2D eigenvalue weighted by Gasteiger charge is 2.22. The average molecular weight is 544 g/mol. The number of ether oxygens (including phenoxy) is 1. The maximum atomic E-state index is 11.1. The van der Waals surface area contributed by atoms with E-state index in [-0.39, 0.29) is 12.6 Å². The van der Waals surface area contributed by atoms with Crippen LogP contribution in [0.25, 0.3) is 16.3 Å². The molecule has 0 atom stereocenters. The molecule has 12 heteroatoms. The van der Waals surface area contributed by atoms with Gasteiger partial charge in [-0.2, -0.15) is 10.2 Å². The number of carbonyl (C=O) groups excluding carboxylic acids is 1. The summed E-state index contributed by atoms with van der Waals surface area (Å²) >= 11 is 1.55. The number of nitrogens with one attached hydrogen (secondary N) is 1. The zero-order valence-electron chi connectivity index (χ0n) is 21.8. The van der Waals surface area contributed by atoms with Crippen LogP contribution < -0.4 is 15.8 Å². The molecule has 0 unspecified atom stereocenters. The number of likely N-dealkylation sites (tertiary alicyclic amines) is 1.